The van der Waals surface area contributed by atoms with Gasteiger partial charge < -0.3 is 19.3 Å². The highest BCUT2D eigenvalue weighted by molar-refractivity contribution is 7.96. The van der Waals surface area contributed by atoms with Crippen LogP contribution in [-0.4, -0.2) is 17.8 Å². The van der Waals surface area contributed by atoms with Gasteiger partial charge in [0, 0.05) is 0 Å². The molecule has 0 spiro atoms. The zero-order chi connectivity index (χ0) is 14.6. The van der Waals surface area contributed by atoms with Crippen molar-refractivity contribution in [1.29, 1.82) is 0 Å². The summed E-state index contributed by atoms with van der Waals surface area (Å²) < 4.78 is 11.1. The van der Waals surface area contributed by atoms with Gasteiger partial charge in [0.1, 0.15) is 17.8 Å². The van der Waals surface area contributed by atoms with Crippen molar-refractivity contribution in [3.8, 4) is 17.2 Å². The molecule has 20 heavy (non-hydrogen) atoms. The lowest BCUT2D eigenvalue weighted by atomic mass is 10.3. The maximum atomic E-state index is 9.31. The van der Waals surface area contributed by atoms with Crippen LogP contribution in [0, 0.1) is 0 Å². The van der Waals surface area contributed by atoms with Crippen molar-refractivity contribution >= 4 is 20.5 Å². The van der Waals surface area contributed by atoms with E-state index in [2.05, 4.69) is 6.58 Å². The molecule has 1 atom stereocenters. The van der Waals surface area contributed by atoms with Crippen LogP contribution in [0.3, 0.4) is 0 Å². The van der Waals surface area contributed by atoms with E-state index in [1.807, 2.05) is 0 Å². The Hall–Kier alpha value is -2.13. The fourth-order valence-corrected chi connectivity index (χ4v) is 3.06. The van der Waals surface area contributed by atoms with Crippen LogP contribution in [0.1, 0.15) is 0 Å². The Balaban J connectivity index is 2.31. The van der Waals surface area contributed by atoms with E-state index in [9.17, 15) is 10.2 Å². The van der Waals surface area contributed by atoms with Crippen LogP contribution in [0.4, 0.5) is 0 Å². The third-order valence-corrected chi connectivity index (χ3v) is 4.48. The molecule has 100 valence electrons. The molecule has 0 aliphatic rings. The quantitative estimate of drug-likeness (QED) is 0.504. The predicted molar refractivity (Wildman–Crippen MR) is 80.4 cm³/mol. The van der Waals surface area contributed by atoms with Gasteiger partial charge in [0.2, 0.25) is 0 Å². The van der Waals surface area contributed by atoms with E-state index in [-0.39, 0.29) is 11.5 Å². The number of phenolic OH excluding ortho intramolecular Hbond substituents is 2. The maximum absolute atomic E-state index is 9.31. The fraction of sp³-hybridized carbons (Fsp3) is 0. The molecule has 0 aliphatic carbocycles. The number of hydrogen-bond acceptors (Lipinski definition) is 4. The molecule has 2 aromatic carbocycles. The first-order chi connectivity index (χ1) is 9.53. The third-order valence-electron chi connectivity index (χ3n) is 2.52. The van der Waals surface area contributed by atoms with Crippen molar-refractivity contribution < 1.29 is 19.3 Å². The summed E-state index contributed by atoms with van der Waals surface area (Å²) in [6.45, 7) is 3.50. The van der Waals surface area contributed by atoms with Gasteiger partial charge in [-0.2, -0.15) is 0 Å². The molecular formula is C14H13BO4P+. The van der Waals surface area contributed by atoms with Gasteiger partial charge in [0.05, 0.1) is 0 Å². The lowest BCUT2D eigenvalue weighted by Gasteiger charge is -2.20. The maximum Gasteiger partial charge on any atom is 0.478 e. The van der Waals surface area contributed by atoms with E-state index in [1.165, 1.54) is 30.5 Å². The molecule has 1 unspecified atom stereocenters. The van der Waals surface area contributed by atoms with Crippen LogP contribution in [-0.2, 0) is 4.52 Å². The Kier molecular flexibility index (Phi) is 4.21. The highest BCUT2D eigenvalue weighted by Crippen LogP contribution is 2.55. The van der Waals surface area contributed by atoms with Gasteiger partial charge >= 0.3 is 15.2 Å². The second-order valence-corrected chi connectivity index (χ2v) is 6.07. The van der Waals surface area contributed by atoms with Crippen molar-refractivity contribution in [2.45, 2.75) is 0 Å². The smallest absolute Gasteiger partial charge is 0.478 e. The third kappa shape index (κ3) is 3.25. The topological polar surface area (TPSA) is 58.9 Å². The molecular weight excluding hydrogens is 274 g/mol. The Bertz CT molecular complexity index is 585. The van der Waals surface area contributed by atoms with Crippen LogP contribution in [0.25, 0.3) is 0 Å². The molecule has 2 N–H and O–H groups in total. The van der Waals surface area contributed by atoms with Crippen molar-refractivity contribution in [2.75, 3.05) is 0 Å². The summed E-state index contributed by atoms with van der Waals surface area (Å²) in [6, 6.07) is 12.4. The molecule has 2 rings (SSSR count). The van der Waals surface area contributed by atoms with E-state index in [1.54, 1.807) is 24.3 Å². The summed E-state index contributed by atoms with van der Waals surface area (Å²) in [5.74, 6) is 0.727. The van der Waals surface area contributed by atoms with Crippen LogP contribution < -0.4 is 9.83 Å². The first kappa shape index (κ1) is 14.3. The Morgan fingerprint density at radius 2 is 1.45 bits per heavy atom. The van der Waals surface area contributed by atoms with Gasteiger partial charge in [-0.25, -0.2) is 0 Å². The summed E-state index contributed by atoms with van der Waals surface area (Å²) in [5.41, 5.74) is 0. The van der Waals surface area contributed by atoms with E-state index in [0.29, 0.717) is 11.1 Å². The Morgan fingerprint density at radius 1 is 0.950 bits per heavy atom. The highest BCUT2D eigenvalue weighted by atomic mass is 31.2. The summed E-state index contributed by atoms with van der Waals surface area (Å²) in [6.07, 6.45) is 1.22. The van der Waals surface area contributed by atoms with Crippen molar-refractivity contribution in [3.05, 3.63) is 61.4 Å². The number of rotatable bonds is 5. The summed E-state index contributed by atoms with van der Waals surface area (Å²) in [4.78, 5) is 0. The molecule has 0 heterocycles. The highest BCUT2D eigenvalue weighted by Gasteiger charge is 2.41. The van der Waals surface area contributed by atoms with Gasteiger partial charge in [0.15, 0.2) is 11.1 Å². The summed E-state index contributed by atoms with van der Waals surface area (Å²) >= 11 is 0. The monoisotopic (exact) mass is 287 g/mol. The van der Waals surface area contributed by atoms with Crippen molar-refractivity contribution in [3.63, 3.8) is 0 Å². The normalized spacial score (nSPS) is 13.2. The summed E-state index contributed by atoms with van der Waals surface area (Å²) in [7, 11) is 3.31. The van der Waals surface area contributed by atoms with E-state index in [4.69, 9.17) is 16.6 Å². The van der Waals surface area contributed by atoms with E-state index in [0.717, 1.165) is 0 Å². The molecule has 2 radical (unpaired) electrons. The number of aromatic hydroxyl groups is 2. The standard InChI is InChI=1S/C14H13BO4P/c1-2-18-20(15,14-9-5-12(17)6-10-14)19-13-7-3-11(16)4-8-13/h2-10,16-17H,1H2/q+1. The lowest BCUT2D eigenvalue weighted by Crippen LogP contribution is -2.17. The van der Waals surface area contributed by atoms with Gasteiger partial charge in [-0.15, -0.1) is 0 Å². The Labute approximate surface area is 119 Å². The largest absolute Gasteiger partial charge is 0.508 e. The molecule has 0 aromatic heterocycles. The minimum Gasteiger partial charge on any atom is -0.508 e. The van der Waals surface area contributed by atoms with Crippen LogP contribution in [0.2, 0.25) is 0 Å². The van der Waals surface area contributed by atoms with Gasteiger partial charge in [0.25, 0.3) is 0 Å². The van der Waals surface area contributed by atoms with E-state index >= 15 is 0 Å². The van der Waals surface area contributed by atoms with Crippen molar-refractivity contribution in [2.24, 2.45) is 0 Å². The minimum absolute atomic E-state index is 0.128. The zero-order valence-corrected chi connectivity index (χ0v) is 11.5. The average Bonchev–Trinajstić information content (AvgIpc) is 2.42. The molecule has 6 heteroatoms. The number of benzene rings is 2. The fourth-order valence-electron chi connectivity index (χ4n) is 1.57. The van der Waals surface area contributed by atoms with E-state index < -0.39 is 7.59 Å². The Morgan fingerprint density at radius 3 is 1.95 bits per heavy atom. The first-order valence-electron chi connectivity index (χ1n) is 5.78. The van der Waals surface area contributed by atoms with Gasteiger partial charge in [-0.1, -0.05) is 6.58 Å². The average molecular weight is 287 g/mol. The van der Waals surface area contributed by atoms with Crippen molar-refractivity contribution in [1.82, 2.24) is 0 Å². The molecule has 0 fully saturated rings. The second-order valence-electron chi connectivity index (χ2n) is 3.97. The molecule has 0 amide bonds. The SMILES string of the molecule is [B][P+](OC=C)(Oc1ccc(O)cc1)c1ccc(O)cc1. The molecule has 0 saturated heterocycles. The van der Waals surface area contributed by atoms with Gasteiger partial charge in [-0.3, -0.25) is 0 Å². The first-order valence-corrected chi connectivity index (χ1v) is 7.48. The second kappa shape index (κ2) is 5.89. The number of phenols is 2. The number of hydrogen-bond donors (Lipinski definition) is 2. The van der Waals surface area contributed by atoms with Gasteiger partial charge in [-0.05, 0) is 48.5 Å². The predicted octanol–water partition coefficient (Wildman–Crippen LogP) is 2.89. The van der Waals surface area contributed by atoms with Crippen LogP contribution in [0.15, 0.2) is 61.4 Å². The minimum atomic E-state index is -2.89. The van der Waals surface area contributed by atoms with Crippen LogP contribution >= 0.6 is 7.59 Å². The molecule has 2 aromatic rings. The molecule has 0 saturated carbocycles. The summed E-state index contributed by atoms with van der Waals surface area (Å²) in [5, 5.41) is 19.2. The van der Waals surface area contributed by atoms with Crippen LogP contribution in [0.5, 0.6) is 17.2 Å². The molecule has 0 bridgehead atoms. The lowest BCUT2D eigenvalue weighted by molar-refractivity contribution is 0.445. The molecule has 4 nitrogen and oxygen atoms in total. The molecule has 0 aliphatic heterocycles. The zero-order valence-electron chi connectivity index (χ0n) is 10.6.